The lowest BCUT2D eigenvalue weighted by molar-refractivity contribution is -0.384. The van der Waals surface area contributed by atoms with E-state index in [1.54, 1.807) is 6.20 Å². The van der Waals surface area contributed by atoms with Gasteiger partial charge in [-0.15, -0.1) is 0 Å². The first-order valence-corrected chi connectivity index (χ1v) is 5.98. The number of nitro groups is 1. The van der Waals surface area contributed by atoms with E-state index in [0.717, 1.165) is 5.69 Å². The number of nitrogens with one attached hydrogen (secondary N) is 1. The van der Waals surface area contributed by atoms with Crippen LogP contribution < -0.4 is 5.32 Å². The second-order valence-electron chi connectivity index (χ2n) is 4.22. The van der Waals surface area contributed by atoms with E-state index in [1.807, 2.05) is 31.2 Å². The van der Waals surface area contributed by atoms with Crippen LogP contribution in [0.15, 0.2) is 42.6 Å². The largest absolute Gasteiger partial charge is 0.376 e. The topological polar surface area (TPSA) is 91.9 Å². The van der Waals surface area contributed by atoms with E-state index in [4.69, 9.17) is 5.26 Å². The van der Waals surface area contributed by atoms with Crippen LogP contribution in [0.5, 0.6) is 0 Å². The van der Waals surface area contributed by atoms with Gasteiger partial charge in [-0.05, 0) is 25.1 Å². The third-order valence-electron chi connectivity index (χ3n) is 2.84. The molecule has 0 amide bonds. The molecule has 0 saturated heterocycles. The zero-order chi connectivity index (χ0) is 14.5. The predicted molar refractivity (Wildman–Crippen MR) is 74.1 cm³/mol. The SMILES string of the molecule is CC(Nc1ccc([N+](=O)[O-])cc1C#N)c1ccccn1. The van der Waals surface area contributed by atoms with Gasteiger partial charge in [0, 0.05) is 18.3 Å². The lowest BCUT2D eigenvalue weighted by Gasteiger charge is -2.15. The second kappa shape index (κ2) is 5.80. The summed E-state index contributed by atoms with van der Waals surface area (Å²) >= 11 is 0. The maximum atomic E-state index is 10.7. The molecule has 100 valence electrons. The molecule has 1 unspecified atom stereocenters. The summed E-state index contributed by atoms with van der Waals surface area (Å²) < 4.78 is 0. The standard InChI is InChI=1S/C14H12N4O2/c1-10(13-4-2-3-7-16-13)17-14-6-5-12(18(19)20)8-11(14)9-15/h2-8,10,17H,1H3. The average Bonchev–Trinajstić information content (AvgIpc) is 2.48. The molecule has 0 bridgehead atoms. The van der Waals surface area contributed by atoms with Crippen molar-refractivity contribution in [2.24, 2.45) is 0 Å². The van der Waals surface area contributed by atoms with E-state index in [1.165, 1.54) is 18.2 Å². The Morgan fingerprint density at radius 1 is 1.40 bits per heavy atom. The minimum Gasteiger partial charge on any atom is -0.376 e. The van der Waals surface area contributed by atoms with Gasteiger partial charge in [0.25, 0.3) is 5.69 Å². The van der Waals surface area contributed by atoms with E-state index in [0.29, 0.717) is 5.69 Å². The summed E-state index contributed by atoms with van der Waals surface area (Å²) in [5.41, 5.74) is 1.52. The van der Waals surface area contributed by atoms with E-state index in [9.17, 15) is 10.1 Å². The Hall–Kier alpha value is -2.94. The summed E-state index contributed by atoms with van der Waals surface area (Å²) in [5.74, 6) is 0. The number of nitrogens with zero attached hydrogens (tertiary/aromatic N) is 3. The number of hydrogen-bond acceptors (Lipinski definition) is 5. The van der Waals surface area contributed by atoms with E-state index in [2.05, 4.69) is 10.3 Å². The van der Waals surface area contributed by atoms with Gasteiger partial charge < -0.3 is 5.32 Å². The number of rotatable bonds is 4. The number of aromatic nitrogens is 1. The molecule has 0 fully saturated rings. The van der Waals surface area contributed by atoms with Gasteiger partial charge in [-0.25, -0.2) is 0 Å². The molecule has 1 heterocycles. The minimum absolute atomic E-state index is 0.0995. The molecule has 2 rings (SSSR count). The van der Waals surface area contributed by atoms with Crippen LogP contribution >= 0.6 is 0 Å². The van der Waals surface area contributed by atoms with Crippen molar-refractivity contribution < 1.29 is 4.92 Å². The van der Waals surface area contributed by atoms with Gasteiger partial charge in [-0.3, -0.25) is 15.1 Å². The average molecular weight is 268 g/mol. The summed E-state index contributed by atoms with van der Waals surface area (Å²) in [5, 5.41) is 22.9. The summed E-state index contributed by atoms with van der Waals surface area (Å²) in [4.78, 5) is 14.4. The fraction of sp³-hybridized carbons (Fsp3) is 0.143. The van der Waals surface area contributed by atoms with Crippen LogP contribution in [0.25, 0.3) is 0 Å². The molecule has 1 aromatic carbocycles. The molecular formula is C14H12N4O2. The molecule has 1 N–H and O–H groups in total. The van der Waals surface area contributed by atoms with Gasteiger partial charge in [0.2, 0.25) is 0 Å². The predicted octanol–water partition coefficient (Wildman–Crippen LogP) is 3.03. The van der Waals surface area contributed by atoms with Crippen molar-refractivity contribution in [1.82, 2.24) is 4.98 Å². The van der Waals surface area contributed by atoms with Gasteiger partial charge in [-0.2, -0.15) is 5.26 Å². The Balaban J connectivity index is 2.26. The van der Waals surface area contributed by atoms with Crippen LogP contribution in [0.1, 0.15) is 24.2 Å². The lowest BCUT2D eigenvalue weighted by atomic mass is 10.1. The summed E-state index contributed by atoms with van der Waals surface area (Å²) in [6, 6.07) is 11.6. The molecule has 0 aliphatic heterocycles. The minimum atomic E-state index is -0.521. The smallest absolute Gasteiger partial charge is 0.270 e. The molecule has 6 heteroatoms. The number of anilines is 1. The molecule has 0 radical (unpaired) electrons. The number of hydrogen-bond donors (Lipinski definition) is 1. The van der Waals surface area contributed by atoms with Crippen molar-refractivity contribution in [2.75, 3.05) is 5.32 Å². The van der Waals surface area contributed by atoms with Crippen LogP contribution in [0.2, 0.25) is 0 Å². The Bertz CT molecular complexity index is 665. The van der Waals surface area contributed by atoms with Crippen LogP contribution in [-0.2, 0) is 0 Å². The first-order chi connectivity index (χ1) is 9.61. The highest BCUT2D eigenvalue weighted by Gasteiger charge is 2.13. The Morgan fingerprint density at radius 3 is 2.80 bits per heavy atom. The van der Waals surface area contributed by atoms with Gasteiger partial charge in [-0.1, -0.05) is 6.07 Å². The number of non-ortho nitro benzene ring substituents is 1. The highest BCUT2D eigenvalue weighted by atomic mass is 16.6. The number of nitriles is 1. The van der Waals surface area contributed by atoms with Gasteiger partial charge >= 0.3 is 0 Å². The van der Waals surface area contributed by atoms with Crippen molar-refractivity contribution in [2.45, 2.75) is 13.0 Å². The number of benzene rings is 1. The molecule has 6 nitrogen and oxygen atoms in total. The van der Waals surface area contributed by atoms with Gasteiger partial charge in [0.05, 0.1) is 27.9 Å². The van der Waals surface area contributed by atoms with Crippen LogP contribution in [0.3, 0.4) is 0 Å². The Kier molecular flexibility index (Phi) is 3.91. The molecular weight excluding hydrogens is 256 g/mol. The Labute approximate surface area is 115 Å². The first kappa shape index (κ1) is 13.5. The quantitative estimate of drug-likeness (QED) is 0.679. The summed E-state index contributed by atoms with van der Waals surface area (Å²) in [6.07, 6.45) is 1.69. The highest BCUT2D eigenvalue weighted by molar-refractivity contribution is 5.61. The van der Waals surface area contributed by atoms with Crippen LogP contribution in [0.4, 0.5) is 11.4 Å². The van der Waals surface area contributed by atoms with Gasteiger partial charge in [0.15, 0.2) is 0 Å². The van der Waals surface area contributed by atoms with E-state index >= 15 is 0 Å². The zero-order valence-corrected chi connectivity index (χ0v) is 10.8. The molecule has 0 aliphatic rings. The van der Waals surface area contributed by atoms with Crippen LogP contribution in [0, 0.1) is 21.4 Å². The maximum absolute atomic E-state index is 10.7. The molecule has 0 spiro atoms. The summed E-state index contributed by atoms with van der Waals surface area (Å²) in [7, 11) is 0. The molecule has 0 aliphatic carbocycles. The fourth-order valence-corrected chi connectivity index (χ4v) is 1.80. The normalized spacial score (nSPS) is 11.4. The number of pyridine rings is 1. The fourth-order valence-electron chi connectivity index (χ4n) is 1.80. The van der Waals surface area contributed by atoms with Crippen molar-refractivity contribution in [1.29, 1.82) is 5.26 Å². The molecule has 1 aromatic heterocycles. The second-order valence-corrected chi connectivity index (χ2v) is 4.22. The monoisotopic (exact) mass is 268 g/mol. The van der Waals surface area contributed by atoms with Gasteiger partial charge in [0.1, 0.15) is 6.07 Å². The maximum Gasteiger partial charge on any atom is 0.270 e. The first-order valence-electron chi connectivity index (χ1n) is 5.98. The Morgan fingerprint density at radius 2 is 2.20 bits per heavy atom. The van der Waals surface area contributed by atoms with Crippen molar-refractivity contribution in [3.05, 3.63) is 64.0 Å². The molecule has 1 atom stereocenters. The third kappa shape index (κ3) is 2.90. The van der Waals surface area contributed by atoms with Crippen LogP contribution in [-0.4, -0.2) is 9.91 Å². The van der Waals surface area contributed by atoms with Crippen molar-refractivity contribution in [3.8, 4) is 6.07 Å². The third-order valence-corrected chi connectivity index (χ3v) is 2.84. The summed E-state index contributed by atoms with van der Waals surface area (Å²) in [6.45, 7) is 1.91. The van der Waals surface area contributed by atoms with Crippen molar-refractivity contribution in [3.63, 3.8) is 0 Å². The lowest BCUT2D eigenvalue weighted by Crippen LogP contribution is -2.09. The number of nitro benzene ring substituents is 1. The molecule has 0 saturated carbocycles. The highest BCUT2D eigenvalue weighted by Crippen LogP contribution is 2.24. The van der Waals surface area contributed by atoms with E-state index in [-0.39, 0.29) is 17.3 Å². The molecule has 20 heavy (non-hydrogen) atoms. The zero-order valence-electron chi connectivity index (χ0n) is 10.8. The molecule has 2 aromatic rings. The van der Waals surface area contributed by atoms with E-state index < -0.39 is 4.92 Å². The van der Waals surface area contributed by atoms with Crippen molar-refractivity contribution >= 4 is 11.4 Å².